The summed E-state index contributed by atoms with van der Waals surface area (Å²) in [6.45, 7) is 6.97. The summed E-state index contributed by atoms with van der Waals surface area (Å²) in [7, 11) is 3.51. The number of ether oxygens (including phenoxy) is 2. The lowest BCUT2D eigenvalue weighted by atomic mass is 10.2. The first-order valence-electron chi connectivity index (χ1n) is 9.35. The Morgan fingerprint density at radius 3 is 2.63 bits per heavy atom. The third kappa shape index (κ3) is 5.75. The maximum atomic E-state index is 6.02. The molecular formula is C20H31IN4O2. The standard InChI is InChI=1S/C20H30N4O2.HI/c1-16(26-19-9-5-4-8-18(19)25-3)14-22-20(21-2)24-13-10-17(15-24)23-11-6-7-12-23;/h4-9,16-17H,10-15H2,1-3H3,(H,21,22);1H. The Balaban J connectivity index is 0.00000261. The second-order valence-electron chi connectivity index (χ2n) is 6.82. The molecule has 3 rings (SSSR count). The molecule has 1 aromatic rings. The van der Waals surface area contributed by atoms with E-state index in [0.29, 0.717) is 12.6 Å². The molecule has 0 aromatic heterocycles. The fourth-order valence-electron chi connectivity index (χ4n) is 3.57. The first kappa shape index (κ1) is 21.8. The highest BCUT2D eigenvalue weighted by atomic mass is 127. The Morgan fingerprint density at radius 1 is 1.26 bits per heavy atom. The summed E-state index contributed by atoms with van der Waals surface area (Å²) in [6.07, 6.45) is 5.71. The number of hydrogen-bond donors (Lipinski definition) is 1. The van der Waals surface area contributed by atoms with Crippen molar-refractivity contribution >= 4 is 29.9 Å². The van der Waals surface area contributed by atoms with E-state index >= 15 is 0 Å². The molecule has 1 N–H and O–H groups in total. The van der Waals surface area contributed by atoms with Crippen LogP contribution in [0.2, 0.25) is 0 Å². The van der Waals surface area contributed by atoms with E-state index in [9.17, 15) is 0 Å². The molecule has 2 aliphatic rings. The van der Waals surface area contributed by atoms with Crippen molar-refractivity contribution in [1.29, 1.82) is 0 Å². The van der Waals surface area contributed by atoms with Gasteiger partial charge in [-0.15, -0.1) is 24.0 Å². The summed E-state index contributed by atoms with van der Waals surface area (Å²) >= 11 is 0. The largest absolute Gasteiger partial charge is 0.493 e. The molecule has 0 bridgehead atoms. The van der Waals surface area contributed by atoms with E-state index in [1.54, 1.807) is 7.11 Å². The summed E-state index contributed by atoms with van der Waals surface area (Å²) < 4.78 is 11.4. The van der Waals surface area contributed by atoms with Crippen molar-refractivity contribution in [2.45, 2.75) is 25.5 Å². The number of methoxy groups -OCH3 is 1. The lowest BCUT2D eigenvalue weighted by molar-refractivity contribution is 0.212. The molecule has 27 heavy (non-hydrogen) atoms. The average Bonchev–Trinajstić information content (AvgIpc) is 3.34. The minimum Gasteiger partial charge on any atom is -0.493 e. The number of hydrogen-bond acceptors (Lipinski definition) is 4. The first-order valence-corrected chi connectivity index (χ1v) is 9.35. The van der Waals surface area contributed by atoms with Gasteiger partial charge in [0, 0.05) is 39.3 Å². The number of para-hydroxylation sites is 2. The summed E-state index contributed by atoms with van der Waals surface area (Å²) in [5.74, 6) is 2.47. The molecule has 0 amide bonds. The van der Waals surface area contributed by atoms with Crippen molar-refractivity contribution in [2.24, 2.45) is 4.99 Å². The van der Waals surface area contributed by atoms with E-state index in [-0.39, 0.29) is 30.1 Å². The molecule has 2 heterocycles. The molecule has 2 unspecified atom stereocenters. The number of benzene rings is 1. The van der Waals surface area contributed by atoms with E-state index < -0.39 is 0 Å². The van der Waals surface area contributed by atoms with Gasteiger partial charge in [0.25, 0.3) is 0 Å². The fraction of sp³-hybridized carbons (Fsp3) is 0.550. The summed E-state index contributed by atoms with van der Waals surface area (Å²) in [5.41, 5.74) is 0. The van der Waals surface area contributed by atoms with Crippen LogP contribution in [0, 0.1) is 0 Å². The Bertz CT molecular complexity index is 645. The molecule has 6 nitrogen and oxygen atoms in total. The quantitative estimate of drug-likeness (QED) is 0.290. The molecule has 1 fully saturated rings. The van der Waals surface area contributed by atoms with Crippen LogP contribution in [0.15, 0.2) is 41.4 Å². The van der Waals surface area contributed by atoms with Crippen molar-refractivity contribution in [3.05, 3.63) is 36.4 Å². The number of aliphatic imine (C=N–C) groups is 1. The minimum atomic E-state index is 0. The number of nitrogens with one attached hydrogen (secondary N) is 1. The maximum Gasteiger partial charge on any atom is 0.193 e. The third-order valence-electron chi connectivity index (χ3n) is 4.98. The van der Waals surface area contributed by atoms with Crippen molar-refractivity contribution < 1.29 is 9.47 Å². The summed E-state index contributed by atoms with van der Waals surface area (Å²) in [6, 6.07) is 8.35. The van der Waals surface area contributed by atoms with E-state index in [1.807, 2.05) is 31.3 Å². The van der Waals surface area contributed by atoms with Gasteiger partial charge in [0.2, 0.25) is 0 Å². The third-order valence-corrected chi connectivity index (χ3v) is 4.98. The highest BCUT2D eigenvalue weighted by Crippen LogP contribution is 2.26. The van der Waals surface area contributed by atoms with Gasteiger partial charge in [-0.05, 0) is 25.5 Å². The highest BCUT2D eigenvalue weighted by Gasteiger charge is 2.29. The molecule has 2 aliphatic heterocycles. The molecule has 7 heteroatoms. The van der Waals surface area contributed by atoms with Gasteiger partial charge in [0.15, 0.2) is 17.5 Å². The number of halogens is 1. The summed E-state index contributed by atoms with van der Waals surface area (Å²) in [4.78, 5) is 9.34. The highest BCUT2D eigenvalue weighted by molar-refractivity contribution is 14.0. The van der Waals surface area contributed by atoms with Gasteiger partial charge in [0.1, 0.15) is 6.10 Å². The number of nitrogens with zero attached hydrogens (tertiary/aromatic N) is 3. The summed E-state index contributed by atoms with van der Waals surface area (Å²) in [5, 5.41) is 3.46. The molecule has 0 radical (unpaired) electrons. The zero-order chi connectivity index (χ0) is 18.4. The van der Waals surface area contributed by atoms with Gasteiger partial charge in [-0.25, -0.2) is 0 Å². The molecule has 1 aromatic carbocycles. The predicted octanol–water partition coefficient (Wildman–Crippen LogP) is 2.60. The van der Waals surface area contributed by atoms with E-state index in [4.69, 9.17) is 9.47 Å². The molecule has 2 atom stereocenters. The van der Waals surface area contributed by atoms with Crippen LogP contribution in [0.4, 0.5) is 0 Å². The molecule has 150 valence electrons. The maximum absolute atomic E-state index is 6.02. The molecule has 0 saturated carbocycles. The lowest BCUT2D eigenvalue weighted by Gasteiger charge is -2.26. The van der Waals surface area contributed by atoms with Crippen LogP contribution in [0.3, 0.4) is 0 Å². The number of guanidine groups is 1. The molecule has 1 saturated heterocycles. The van der Waals surface area contributed by atoms with Crippen molar-refractivity contribution in [3.63, 3.8) is 0 Å². The SMILES string of the molecule is CN=C(NCC(C)Oc1ccccc1OC)N1CCC(N2CC=CC2)C1.I. The van der Waals surface area contributed by atoms with Crippen molar-refractivity contribution in [3.8, 4) is 11.5 Å². The van der Waals surface area contributed by atoms with Crippen LogP contribution in [0.5, 0.6) is 11.5 Å². The zero-order valence-corrected chi connectivity index (χ0v) is 18.8. The van der Waals surface area contributed by atoms with E-state index in [2.05, 4.69) is 39.2 Å². The molecule has 0 spiro atoms. The van der Waals surface area contributed by atoms with E-state index in [0.717, 1.165) is 43.6 Å². The Morgan fingerprint density at radius 2 is 1.96 bits per heavy atom. The predicted molar refractivity (Wildman–Crippen MR) is 121 cm³/mol. The number of likely N-dealkylation sites (tertiary alicyclic amines) is 1. The van der Waals surface area contributed by atoms with Crippen molar-refractivity contribution in [1.82, 2.24) is 15.1 Å². The van der Waals surface area contributed by atoms with Gasteiger partial charge in [0.05, 0.1) is 13.7 Å². The van der Waals surface area contributed by atoms with Crippen LogP contribution >= 0.6 is 24.0 Å². The monoisotopic (exact) mass is 486 g/mol. The second-order valence-corrected chi connectivity index (χ2v) is 6.82. The normalized spacial score (nSPS) is 21.1. The van der Waals surface area contributed by atoms with Crippen LogP contribution in [0.25, 0.3) is 0 Å². The smallest absolute Gasteiger partial charge is 0.193 e. The Hall–Kier alpha value is -1.48. The zero-order valence-electron chi connectivity index (χ0n) is 16.4. The van der Waals surface area contributed by atoms with Crippen LogP contribution in [-0.4, -0.2) is 74.8 Å². The topological polar surface area (TPSA) is 49.3 Å². The van der Waals surface area contributed by atoms with Crippen LogP contribution < -0.4 is 14.8 Å². The minimum absolute atomic E-state index is 0. The van der Waals surface area contributed by atoms with Crippen LogP contribution in [-0.2, 0) is 0 Å². The van der Waals surface area contributed by atoms with Crippen LogP contribution in [0.1, 0.15) is 13.3 Å². The molecule has 0 aliphatic carbocycles. The van der Waals surface area contributed by atoms with E-state index in [1.165, 1.54) is 6.42 Å². The fourth-order valence-corrected chi connectivity index (χ4v) is 3.57. The van der Waals surface area contributed by atoms with Gasteiger partial charge < -0.3 is 19.7 Å². The Labute approximate surface area is 179 Å². The average molecular weight is 486 g/mol. The Kier molecular flexibility index (Phi) is 8.69. The van der Waals surface area contributed by atoms with Crippen molar-refractivity contribution in [2.75, 3.05) is 46.9 Å². The van der Waals surface area contributed by atoms with Gasteiger partial charge >= 0.3 is 0 Å². The molecular weight excluding hydrogens is 455 g/mol. The first-order chi connectivity index (χ1) is 12.7. The van der Waals surface area contributed by atoms with Gasteiger partial charge in [-0.3, -0.25) is 9.89 Å². The van der Waals surface area contributed by atoms with Gasteiger partial charge in [-0.1, -0.05) is 24.3 Å². The van der Waals surface area contributed by atoms with Gasteiger partial charge in [-0.2, -0.15) is 0 Å². The lowest BCUT2D eigenvalue weighted by Crippen LogP contribution is -2.45. The number of rotatable bonds is 6. The second kappa shape index (κ2) is 10.8.